The zero-order chi connectivity index (χ0) is 26.1. The highest BCUT2D eigenvalue weighted by Gasteiger charge is 2.51. The summed E-state index contributed by atoms with van der Waals surface area (Å²) < 4.78 is 38.0. The van der Waals surface area contributed by atoms with Gasteiger partial charge in [0.15, 0.2) is 9.84 Å². The van der Waals surface area contributed by atoms with E-state index in [1.807, 2.05) is 41.5 Å². The van der Waals surface area contributed by atoms with Gasteiger partial charge in [-0.05, 0) is 67.2 Å². The molecule has 4 atom stereocenters. The van der Waals surface area contributed by atoms with E-state index in [1.165, 1.54) is 6.92 Å². The molecule has 1 N–H and O–H groups in total. The first-order chi connectivity index (χ1) is 13.8. The molecule has 0 fully saturated rings. The van der Waals surface area contributed by atoms with Gasteiger partial charge in [0.1, 0.15) is 6.10 Å². The third kappa shape index (κ3) is 8.60. The lowest BCUT2D eigenvalue weighted by Crippen LogP contribution is -2.58. The van der Waals surface area contributed by atoms with Crippen molar-refractivity contribution in [1.29, 1.82) is 0 Å². The fourth-order valence-corrected chi connectivity index (χ4v) is 6.79. The van der Waals surface area contributed by atoms with Crippen LogP contribution in [0.15, 0.2) is 0 Å². The van der Waals surface area contributed by atoms with Crippen molar-refractivity contribution in [2.75, 3.05) is 5.75 Å². The van der Waals surface area contributed by atoms with Crippen LogP contribution in [-0.2, 0) is 24.1 Å². The normalized spacial score (nSPS) is 19.1. The van der Waals surface area contributed by atoms with Crippen molar-refractivity contribution in [3.63, 3.8) is 0 Å². The van der Waals surface area contributed by atoms with E-state index in [4.69, 9.17) is 9.47 Å². The minimum Gasteiger partial charge on any atom is -0.462 e. The maximum Gasteiger partial charge on any atom is 0.302 e. The quantitative estimate of drug-likeness (QED) is 0.412. The first-order valence-electron chi connectivity index (χ1n) is 11.6. The van der Waals surface area contributed by atoms with Gasteiger partial charge in [-0.1, -0.05) is 34.6 Å². The highest BCUT2D eigenvalue weighted by atomic mass is 32.2. The molecule has 192 valence electrons. The molecule has 0 saturated carbocycles. The summed E-state index contributed by atoms with van der Waals surface area (Å²) in [6.07, 6.45) is 0.0439. The third-order valence-corrected chi connectivity index (χ3v) is 9.61. The Morgan fingerprint density at radius 3 is 1.69 bits per heavy atom. The van der Waals surface area contributed by atoms with Crippen LogP contribution in [0, 0.1) is 17.3 Å². The lowest BCUT2D eigenvalue weighted by molar-refractivity contribution is -0.219. The molecule has 0 spiro atoms. The van der Waals surface area contributed by atoms with Crippen LogP contribution in [-0.4, -0.2) is 52.9 Å². The van der Waals surface area contributed by atoms with Gasteiger partial charge in [-0.2, -0.15) is 0 Å². The van der Waals surface area contributed by atoms with E-state index >= 15 is 0 Å². The zero-order valence-corrected chi connectivity index (χ0v) is 23.9. The molecule has 0 aliphatic carbocycles. The van der Waals surface area contributed by atoms with Gasteiger partial charge < -0.3 is 14.6 Å². The van der Waals surface area contributed by atoms with Gasteiger partial charge in [0, 0.05) is 18.8 Å². The summed E-state index contributed by atoms with van der Waals surface area (Å²) in [5, 5.41) is 10.8. The molecule has 0 bridgehead atoms. The molecule has 0 aliphatic heterocycles. The summed E-state index contributed by atoms with van der Waals surface area (Å²) in [5.41, 5.74) is -3.24. The average molecular weight is 479 g/mol. The number of carbonyl (C=O) groups excluding carboxylic acids is 1. The van der Waals surface area contributed by atoms with Crippen molar-refractivity contribution >= 4 is 15.8 Å². The molecule has 0 rings (SSSR count). The van der Waals surface area contributed by atoms with Crippen molar-refractivity contribution in [2.24, 2.45) is 17.3 Å². The van der Waals surface area contributed by atoms with Crippen LogP contribution in [0.2, 0.25) is 0 Å². The van der Waals surface area contributed by atoms with E-state index < -0.39 is 43.5 Å². The summed E-state index contributed by atoms with van der Waals surface area (Å²) in [6, 6.07) is 0. The molecule has 7 heteroatoms. The fraction of sp³-hybridized carbons (Fsp3) is 0.960. The standard InChI is InChI=1S/C25H50O6S/c1-17(18(2)30-20(4)26)25(14,19(3)24(12,13)27)31-22(8,9)16-32(28,29)23(10,11)15-21(5,6)7/h17-19,27H,15-16H2,1-14H3. The van der Waals surface area contributed by atoms with Crippen molar-refractivity contribution in [3.05, 3.63) is 0 Å². The van der Waals surface area contributed by atoms with Crippen molar-refractivity contribution in [2.45, 2.75) is 131 Å². The SMILES string of the molecule is CC(=O)OC(C)C(C)C(C)(OC(C)(C)CS(=O)(=O)C(C)(C)CC(C)(C)C)C(C)C(C)(C)O. The Labute approximate surface area is 197 Å². The van der Waals surface area contributed by atoms with Crippen LogP contribution < -0.4 is 0 Å². The Bertz CT molecular complexity index is 739. The van der Waals surface area contributed by atoms with Gasteiger partial charge in [-0.15, -0.1) is 0 Å². The number of hydrogen-bond acceptors (Lipinski definition) is 6. The second kappa shape index (κ2) is 9.91. The van der Waals surface area contributed by atoms with Crippen LogP contribution in [0.1, 0.15) is 103 Å². The molecule has 4 unspecified atom stereocenters. The highest BCUT2D eigenvalue weighted by molar-refractivity contribution is 7.92. The van der Waals surface area contributed by atoms with Crippen LogP contribution in [0.4, 0.5) is 0 Å². The lowest BCUT2D eigenvalue weighted by Gasteiger charge is -2.50. The number of hydrogen-bond donors (Lipinski definition) is 1. The van der Waals surface area contributed by atoms with Crippen LogP contribution in [0.5, 0.6) is 0 Å². The Balaban J connectivity index is 6.15. The molecule has 0 amide bonds. The Hall–Kier alpha value is -0.660. The minimum absolute atomic E-state index is 0.139. The lowest BCUT2D eigenvalue weighted by atomic mass is 9.70. The van der Waals surface area contributed by atoms with E-state index in [1.54, 1.807) is 48.5 Å². The predicted molar refractivity (Wildman–Crippen MR) is 131 cm³/mol. The topological polar surface area (TPSA) is 89.9 Å². The first kappa shape index (κ1) is 31.3. The molecule has 0 aromatic rings. The van der Waals surface area contributed by atoms with Gasteiger partial charge in [0.25, 0.3) is 0 Å². The predicted octanol–water partition coefficient (Wildman–Crippen LogP) is 5.16. The Morgan fingerprint density at radius 2 is 1.34 bits per heavy atom. The number of sulfone groups is 1. The molecular formula is C25H50O6S. The van der Waals surface area contributed by atoms with E-state index in [0.29, 0.717) is 6.42 Å². The molecule has 0 heterocycles. The summed E-state index contributed by atoms with van der Waals surface area (Å²) in [7, 11) is -3.52. The monoisotopic (exact) mass is 478 g/mol. The molecule has 6 nitrogen and oxygen atoms in total. The largest absolute Gasteiger partial charge is 0.462 e. The number of carbonyl (C=O) groups is 1. The Kier molecular flexibility index (Phi) is 9.70. The first-order valence-corrected chi connectivity index (χ1v) is 13.2. The van der Waals surface area contributed by atoms with Gasteiger partial charge in [0.2, 0.25) is 0 Å². The second-order valence-corrected chi connectivity index (χ2v) is 15.4. The molecule has 0 radical (unpaired) electrons. The fourth-order valence-electron chi connectivity index (χ4n) is 4.77. The third-order valence-electron chi connectivity index (χ3n) is 6.71. The highest BCUT2D eigenvalue weighted by Crippen LogP contribution is 2.43. The van der Waals surface area contributed by atoms with Crippen molar-refractivity contribution in [1.82, 2.24) is 0 Å². The smallest absolute Gasteiger partial charge is 0.302 e. The van der Waals surface area contributed by atoms with E-state index in [2.05, 4.69) is 0 Å². The summed E-state index contributed by atoms with van der Waals surface area (Å²) in [4.78, 5) is 11.6. The minimum atomic E-state index is -3.52. The molecule has 0 saturated heterocycles. The molecule has 0 aromatic heterocycles. The van der Waals surface area contributed by atoms with E-state index in [9.17, 15) is 18.3 Å². The second-order valence-electron chi connectivity index (χ2n) is 12.8. The molecule has 0 aliphatic rings. The number of ether oxygens (including phenoxy) is 2. The van der Waals surface area contributed by atoms with Gasteiger partial charge in [-0.25, -0.2) is 8.42 Å². The number of rotatable bonds is 11. The summed E-state index contributed by atoms with van der Waals surface area (Å²) in [5.74, 6) is -1.25. The summed E-state index contributed by atoms with van der Waals surface area (Å²) in [6.45, 7) is 25.4. The molecule has 0 aromatic carbocycles. The van der Waals surface area contributed by atoms with Crippen LogP contribution in [0.25, 0.3) is 0 Å². The molecular weight excluding hydrogens is 428 g/mol. The number of esters is 1. The Morgan fingerprint density at radius 1 is 0.906 bits per heavy atom. The van der Waals surface area contributed by atoms with E-state index in [-0.39, 0.29) is 23.0 Å². The van der Waals surface area contributed by atoms with Gasteiger partial charge in [-0.3, -0.25) is 4.79 Å². The number of aliphatic hydroxyl groups is 1. The maximum absolute atomic E-state index is 13.4. The van der Waals surface area contributed by atoms with Gasteiger partial charge >= 0.3 is 5.97 Å². The van der Waals surface area contributed by atoms with Crippen LogP contribution >= 0.6 is 0 Å². The summed E-state index contributed by atoms with van der Waals surface area (Å²) >= 11 is 0. The maximum atomic E-state index is 13.4. The van der Waals surface area contributed by atoms with Crippen LogP contribution in [0.3, 0.4) is 0 Å². The molecule has 32 heavy (non-hydrogen) atoms. The van der Waals surface area contributed by atoms with Gasteiger partial charge in [0.05, 0.1) is 27.3 Å². The van der Waals surface area contributed by atoms with Crippen molar-refractivity contribution < 1.29 is 27.8 Å². The zero-order valence-electron chi connectivity index (χ0n) is 23.0. The van der Waals surface area contributed by atoms with Crippen molar-refractivity contribution in [3.8, 4) is 0 Å². The average Bonchev–Trinajstić information content (AvgIpc) is 2.47. The van der Waals surface area contributed by atoms with E-state index in [0.717, 1.165) is 0 Å².